The first kappa shape index (κ1) is 14.1. The van der Waals surface area contributed by atoms with Crippen LogP contribution in [0.25, 0.3) is 0 Å². The first-order valence-corrected chi connectivity index (χ1v) is 5.84. The summed E-state index contributed by atoms with van der Waals surface area (Å²) >= 11 is 0. The Labute approximate surface area is 115 Å². The highest BCUT2D eigenvalue weighted by atomic mass is 19.2. The molecule has 102 valence electrons. The largest absolute Gasteiger partial charge is 0.796 e. The van der Waals surface area contributed by atoms with E-state index in [0.29, 0.717) is 11.3 Å². The van der Waals surface area contributed by atoms with Gasteiger partial charge < -0.3 is 9.39 Å². The Morgan fingerprint density at radius 3 is 2.40 bits per heavy atom. The molecule has 0 heterocycles. The topological polar surface area (TPSA) is 35.5 Å². The van der Waals surface area contributed by atoms with E-state index in [2.05, 4.69) is 4.65 Å². The van der Waals surface area contributed by atoms with Crippen molar-refractivity contribution in [1.29, 1.82) is 0 Å². The van der Waals surface area contributed by atoms with Crippen molar-refractivity contribution in [3.63, 3.8) is 0 Å². The molecule has 6 heteroatoms. The first-order valence-electron chi connectivity index (χ1n) is 5.84. The van der Waals surface area contributed by atoms with E-state index < -0.39 is 7.47 Å². The van der Waals surface area contributed by atoms with Crippen molar-refractivity contribution in [2.24, 2.45) is 0 Å². The third kappa shape index (κ3) is 3.14. The first-order chi connectivity index (χ1) is 9.61. The standard InChI is InChI=1S/C14H11BF2O3/c1-19-11-7-8-12(13(9-11)20-15(16)17)14(18)10-5-3-2-4-6-10/h2-9H,1H3. The molecular formula is C14H11BF2O3. The molecule has 0 unspecified atom stereocenters. The van der Waals surface area contributed by atoms with E-state index in [-0.39, 0.29) is 17.1 Å². The van der Waals surface area contributed by atoms with E-state index in [9.17, 15) is 13.4 Å². The third-order valence-corrected chi connectivity index (χ3v) is 2.69. The summed E-state index contributed by atoms with van der Waals surface area (Å²) in [7, 11) is -1.61. The van der Waals surface area contributed by atoms with Crippen LogP contribution >= 0.6 is 0 Å². The van der Waals surface area contributed by atoms with E-state index in [1.165, 1.54) is 25.3 Å². The molecule has 2 aromatic carbocycles. The van der Waals surface area contributed by atoms with Crippen LogP contribution < -0.4 is 9.39 Å². The maximum atomic E-state index is 12.4. The van der Waals surface area contributed by atoms with E-state index >= 15 is 0 Å². The molecule has 0 saturated carbocycles. The second-order valence-electron chi connectivity index (χ2n) is 3.94. The zero-order valence-corrected chi connectivity index (χ0v) is 10.7. The van der Waals surface area contributed by atoms with Crippen molar-refractivity contribution in [3.05, 3.63) is 59.7 Å². The van der Waals surface area contributed by atoms with Gasteiger partial charge in [0.2, 0.25) is 0 Å². The summed E-state index contributed by atoms with van der Waals surface area (Å²) in [6.45, 7) is 0. The van der Waals surface area contributed by atoms with Crippen LogP contribution in [0.1, 0.15) is 15.9 Å². The Kier molecular flexibility index (Phi) is 4.35. The van der Waals surface area contributed by atoms with Crippen LogP contribution in [0.3, 0.4) is 0 Å². The zero-order valence-electron chi connectivity index (χ0n) is 10.7. The van der Waals surface area contributed by atoms with Crippen LogP contribution in [0.4, 0.5) is 8.63 Å². The number of hydrogen-bond donors (Lipinski definition) is 0. The van der Waals surface area contributed by atoms with Gasteiger partial charge in [0.25, 0.3) is 0 Å². The summed E-state index contributed by atoms with van der Waals surface area (Å²) in [5.41, 5.74) is 0.467. The van der Waals surface area contributed by atoms with Crippen LogP contribution in [-0.4, -0.2) is 20.4 Å². The van der Waals surface area contributed by atoms with Gasteiger partial charge >= 0.3 is 7.47 Å². The Morgan fingerprint density at radius 2 is 1.80 bits per heavy atom. The van der Waals surface area contributed by atoms with Crippen molar-refractivity contribution in [3.8, 4) is 11.5 Å². The zero-order chi connectivity index (χ0) is 14.5. The number of ether oxygens (including phenoxy) is 1. The third-order valence-electron chi connectivity index (χ3n) is 2.69. The minimum atomic E-state index is -3.01. The molecule has 0 fully saturated rings. The van der Waals surface area contributed by atoms with Crippen LogP contribution in [0.2, 0.25) is 0 Å². The van der Waals surface area contributed by atoms with Gasteiger partial charge in [-0.2, -0.15) is 0 Å². The fourth-order valence-corrected chi connectivity index (χ4v) is 1.76. The fraction of sp³-hybridized carbons (Fsp3) is 0.0714. The number of hydrogen-bond acceptors (Lipinski definition) is 3. The molecule has 20 heavy (non-hydrogen) atoms. The smallest absolute Gasteiger partial charge is 0.504 e. The van der Waals surface area contributed by atoms with E-state index in [1.807, 2.05) is 0 Å². The molecule has 0 bridgehead atoms. The van der Waals surface area contributed by atoms with Gasteiger partial charge in [-0.1, -0.05) is 30.3 Å². The van der Waals surface area contributed by atoms with Crippen molar-refractivity contribution in [1.82, 2.24) is 0 Å². The molecule has 0 aliphatic carbocycles. The summed E-state index contributed by atoms with van der Waals surface area (Å²) in [5, 5.41) is 0. The van der Waals surface area contributed by atoms with Crippen LogP contribution in [0.5, 0.6) is 11.5 Å². The lowest BCUT2D eigenvalue weighted by Crippen LogP contribution is -2.12. The Balaban J connectivity index is 2.42. The molecule has 2 rings (SSSR count). The molecule has 0 radical (unpaired) electrons. The van der Waals surface area contributed by atoms with Gasteiger partial charge in [-0.15, -0.1) is 0 Å². The highest BCUT2D eigenvalue weighted by Gasteiger charge is 2.23. The average molecular weight is 276 g/mol. The predicted molar refractivity (Wildman–Crippen MR) is 71.5 cm³/mol. The lowest BCUT2D eigenvalue weighted by molar-refractivity contribution is 0.103. The van der Waals surface area contributed by atoms with Gasteiger partial charge in [-0.25, -0.2) is 8.63 Å². The quantitative estimate of drug-likeness (QED) is 0.621. The SMILES string of the molecule is COc1ccc(C(=O)c2ccccc2)c(OB(F)F)c1. The van der Waals surface area contributed by atoms with Crippen molar-refractivity contribution < 1.29 is 22.8 Å². The minimum absolute atomic E-state index is 0.0669. The molecule has 0 aliphatic rings. The molecule has 0 spiro atoms. The second kappa shape index (κ2) is 6.19. The number of halogens is 2. The minimum Gasteiger partial charge on any atom is -0.504 e. The highest BCUT2D eigenvalue weighted by Crippen LogP contribution is 2.27. The second-order valence-corrected chi connectivity index (χ2v) is 3.94. The van der Waals surface area contributed by atoms with Gasteiger partial charge in [0.05, 0.1) is 12.7 Å². The molecule has 0 aliphatic heterocycles. The maximum absolute atomic E-state index is 12.4. The van der Waals surface area contributed by atoms with Crippen molar-refractivity contribution in [2.75, 3.05) is 7.11 Å². The number of benzene rings is 2. The maximum Gasteiger partial charge on any atom is 0.796 e. The molecule has 2 aromatic rings. The van der Waals surface area contributed by atoms with Gasteiger partial charge in [-0.05, 0) is 12.1 Å². The molecule has 3 nitrogen and oxygen atoms in total. The lowest BCUT2D eigenvalue weighted by Gasteiger charge is -2.11. The Morgan fingerprint density at radius 1 is 1.10 bits per heavy atom. The summed E-state index contributed by atoms with van der Waals surface area (Å²) in [6.07, 6.45) is 0. The molecule has 0 saturated heterocycles. The number of ketones is 1. The molecule has 0 aromatic heterocycles. The summed E-state index contributed by atoms with van der Waals surface area (Å²) < 4.78 is 34.2. The van der Waals surface area contributed by atoms with Crippen LogP contribution in [0.15, 0.2) is 48.5 Å². The summed E-state index contributed by atoms with van der Waals surface area (Å²) in [6, 6.07) is 12.6. The van der Waals surface area contributed by atoms with Gasteiger partial charge in [0, 0.05) is 11.6 Å². The number of rotatable bonds is 5. The molecular weight excluding hydrogens is 265 g/mol. The fourth-order valence-electron chi connectivity index (χ4n) is 1.76. The number of carbonyl (C=O) groups is 1. The van der Waals surface area contributed by atoms with Gasteiger partial charge in [0.15, 0.2) is 5.78 Å². The highest BCUT2D eigenvalue weighted by molar-refractivity contribution is 6.35. The number of methoxy groups -OCH3 is 1. The van der Waals surface area contributed by atoms with Crippen LogP contribution in [-0.2, 0) is 0 Å². The molecule has 0 amide bonds. The van der Waals surface area contributed by atoms with Gasteiger partial charge in [-0.3, -0.25) is 4.79 Å². The van der Waals surface area contributed by atoms with Crippen molar-refractivity contribution >= 4 is 13.3 Å². The van der Waals surface area contributed by atoms with E-state index in [4.69, 9.17) is 4.74 Å². The summed E-state index contributed by atoms with van der Waals surface area (Å²) in [5.74, 6) is -0.248. The average Bonchev–Trinajstić information content (AvgIpc) is 2.46. The lowest BCUT2D eigenvalue weighted by atomic mass is 10.0. The Hall–Kier alpha value is -2.37. The summed E-state index contributed by atoms with van der Waals surface area (Å²) in [4.78, 5) is 12.3. The number of carbonyl (C=O) groups excluding carboxylic acids is 1. The normalized spacial score (nSPS) is 9.95. The Bertz CT molecular complexity index is 603. The van der Waals surface area contributed by atoms with Crippen LogP contribution in [0, 0.1) is 0 Å². The van der Waals surface area contributed by atoms with E-state index in [1.54, 1.807) is 30.3 Å². The van der Waals surface area contributed by atoms with Gasteiger partial charge in [0.1, 0.15) is 11.5 Å². The molecule has 0 N–H and O–H groups in total. The predicted octanol–water partition coefficient (Wildman–Crippen LogP) is 3.23. The monoisotopic (exact) mass is 276 g/mol. The molecule has 0 atom stereocenters. The van der Waals surface area contributed by atoms with E-state index in [0.717, 1.165) is 0 Å². The van der Waals surface area contributed by atoms with Crippen molar-refractivity contribution in [2.45, 2.75) is 0 Å².